The molecule has 0 aliphatic heterocycles. The first kappa shape index (κ1) is 31.2. The molecule has 228 valence electrons. The summed E-state index contributed by atoms with van der Waals surface area (Å²) in [5.74, 6) is -0.169. The smallest absolute Gasteiger partial charge is 0.435 e. The molecule has 1 heterocycles. The second-order valence-corrected chi connectivity index (χ2v) is 9.85. The molecule has 44 heavy (non-hydrogen) atoms. The number of anilines is 1. The number of nitrogens with zero attached hydrogens (tertiary/aromatic N) is 4. The number of fused-ring (bicyclic) bond motifs is 1. The van der Waals surface area contributed by atoms with E-state index in [1.54, 1.807) is 66.7 Å². The molecule has 0 saturated heterocycles. The number of aromatic nitrogens is 2. The number of nitrogens with one attached hydrogen (secondary N) is 1. The first-order chi connectivity index (χ1) is 21.1. The highest BCUT2D eigenvalue weighted by molar-refractivity contribution is 6.02. The van der Waals surface area contributed by atoms with Crippen molar-refractivity contribution in [1.29, 1.82) is 0 Å². The van der Waals surface area contributed by atoms with Gasteiger partial charge in [0.2, 0.25) is 0 Å². The molecule has 0 radical (unpaired) electrons. The first-order valence-corrected chi connectivity index (χ1v) is 13.6. The van der Waals surface area contributed by atoms with Crippen molar-refractivity contribution in [2.24, 2.45) is 27.4 Å². The molecule has 13 heteroatoms. The van der Waals surface area contributed by atoms with E-state index in [4.69, 9.17) is 16.2 Å². The third-order valence-electron chi connectivity index (χ3n) is 7.02. The lowest BCUT2D eigenvalue weighted by atomic mass is 9.85. The van der Waals surface area contributed by atoms with Crippen LogP contribution in [0.4, 0.5) is 20.1 Å². The van der Waals surface area contributed by atoms with Gasteiger partial charge >= 0.3 is 18.3 Å². The lowest BCUT2D eigenvalue weighted by molar-refractivity contribution is 0.181. The number of H-pyrrole nitrogens is 1. The van der Waals surface area contributed by atoms with Gasteiger partial charge in [0.05, 0.1) is 31.3 Å². The number of aryl methyl sites for hydroxylation is 2. The summed E-state index contributed by atoms with van der Waals surface area (Å²) in [6.45, 7) is 1.83. The number of rotatable bonds is 9. The van der Waals surface area contributed by atoms with Crippen LogP contribution >= 0.6 is 0 Å². The highest BCUT2D eigenvalue weighted by atomic mass is 16.5. The van der Waals surface area contributed by atoms with Crippen LogP contribution in [0, 0.1) is 12.8 Å². The van der Waals surface area contributed by atoms with Gasteiger partial charge in [-0.25, -0.2) is 19.4 Å². The largest absolute Gasteiger partial charge is 0.465 e. The summed E-state index contributed by atoms with van der Waals surface area (Å²) in [6.07, 6.45) is -2.24. The molecule has 6 N–H and O–H groups in total. The van der Waals surface area contributed by atoms with Crippen LogP contribution in [0.3, 0.4) is 0 Å². The predicted octanol–water partition coefficient (Wildman–Crippen LogP) is 4.94. The fourth-order valence-electron chi connectivity index (χ4n) is 4.95. The Hall–Kier alpha value is -5.72. The SMILES string of the molecule is COC(=O)N=C(N)c1ccc(CCC(C(N)=NC(=O)OC)C(c2ccc3[nH]c(C)nc3c2)N(C(=O)O)c2ccccc2)cc1. The van der Waals surface area contributed by atoms with E-state index in [0.29, 0.717) is 34.6 Å². The van der Waals surface area contributed by atoms with Gasteiger partial charge < -0.3 is 31.0 Å². The fraction of sp³-hybridized carbons (Fsp3) is 0.226. The minimum absolute atomic E-state index is 0.000229. The monoisotopic (exact) mass is 599 g/mol. The van der Waals surface area contributed by atoms with Crippen molar-refractivity contribution in [2.45, 2.75) is 25.8 Å². The molecule has 2 unspecified atom stereocenters. The van der Waals surface area contributed by atoms with Gasteiger partial charge in [-0.15, -0.1) is 0 Å². The summed E-state index contributed by atoms with van der Waals surface area (Å²) in [7, 11) is 2.39. The summed E-state index contributed by atoms with van der Waals surface area (Å²) in [4.78, 5) is 53.2. The van der Waals surface area contributed by atoms with Crippen LogP contribution in [0.1, 0.15) is 35.0 Å². The maximum absolute atomic E-state index is 12.9. The normalized spacial score (nSPS) is 13.2. The van der Waals surface area contributed by atoms with Gasteiger partial charge in [0.1, 0.15) is 17.5 Å². The Bertz CT molecular complexity index is 1700. The number of methoxy groups -OCH3 is 2. The van der Waals surface area contributed by atoms with Crippen LogP contribution in [0.2, 0.25) is 0 Å². The number of amides is 3. The molecule has 3 aromatic carbocycles. The zero-order valence-electron chi connectivity index (χ0n) is 24.4. The molecule has 4 rings (SSSR count). The van der Waals surface area contributed by atoms with Gasteiger partial charge in [-0.1, -0.05) is 48.5 Å². The van der Waals surface area contributed by atoms with Gasteiger partial charge in [-0.3, -0.25) is 4.90 Å². The van der Waals surface area contributed by atoms with E-state index < -0.39 is 30.2 Å². The molecule has 2 atom stereocenters. The number of carboxylic acid groups (broad SMARTS) is 1. The quantitative estimate of drug-likeness (QED) is 0.152. The predicted molar refractivity (Wildman–Crippen MR) is 166 cm³/mol. The summed E-state index contributed by atoms with van der Waals surface area (Å²) < 4.78 is 9.26. The standard InChI is InChI=1S/C31H33N7O6/c1-18-34-24-16-14-21(17-25(24)35-18)26(38(31(41)42)22-7-5-4-6-8-22)23(28(33)37-30(40)44-3)15-11-19-9-12-20(13-10-19)27(32)36-29(39)43-2/h4-10,12-14,16-17,23,26H,11,15H2,1-3H3,(H,34,35)(H,41,42)(H2,32,36,39)(H2,33,37,40). The Kier molecular flexibility index (Phi) is 9.91. The third kappa shape index (κ3) is 7.37. The number of hydrogen-bond acceptors (Lipinski definition) is 6. The number of benzene rings is 3. The Morgan fingerprint density at radius 2 is 1.61 bits per heavy atom. The maximum atomic E-state index is 12.9. The summed E-state index contributed by atoms with van der Waals surface area (Å²) >= 11 is 0. The van der Waals surface area contributed by atoms with E-state index in [0.717, 1.165) is 11.1 Å². The number of carbonyl (C=O) groups excluding carboxylic acids is 2. The fourth-order valence-corrected chi connectivity index (χ4v) is 4.95. The number of amidine groups is 2. The number of nitrogens with two attached hydrogens (primary N) is 2. The van der Waals surface area contributed by atoms with Gasteiger partial charge in [-0.2, -0.15) is 9.98 Å². The number of carbonyl (C=O) groups is 3. The number of aromatic amines is 1. The van der Waals surface area contributed by atoms with Gasteiger partial charge in [0, 0.05) is 17.2 Å². The van der Waals surface area contributed by atoms with Crippen LogP contribution in [-0.4, -0.2) is 59.2 Å². The number of hydrogen-bond donors (Lipinski definition) is 4. The van der Waals surface area contributed by atoms with Crippen LogP contribution in [0.25, 0.3) is 11.0 Å². The van der Waals surface area contributed by atoms with E-state index >= 15 is 0 Å². The minimum atomic E-state index is -1.22. The Morgan fingerprint density at radius 1 is 0.955 bits per heavy atom. The zero-order valence-corrected chi connectivity index (χ0v) is 24.4. The van der Waals surface area contributed by atoms with Crippen molar-refractivity contribution in [1.82, 2.24) is 9.97 Å². The van der Waals surface area contributed by atoms with Crippen molar-refractivity contribution in [3.05, 3.63) is 95.3 Å². The van der Waals surface area contributed by atoms with Crippen LogP contribution < -0.4 is 16.4 Å². The lowest BCUT2D eigenvalue weighted by Gasteiger charge is -2.35. The van der Waals surface area contributed by atoms with Crippen LogP contribution in [-0.2, 0) is 15.9 Å². The van der Waals surface area contributed by atoms with E-state index in [-0.39, 0.29) is 18.1 Å². The highest BCUT2D eigenvalue weighted by Gasteiger charge is 2.36. The van der Waals surface area contributed by atoms with Crippen molar-refractivity contribution in [3.63, 3.8) is 0 Å². The molecule has 0 fully saturated rings. The van der Waals surface area contributed by atoms with Crippen LogP contribution in [0.5, 0.6) is 0 Å². The van der Waals surface area contributed by atoms with Gasteiger partial charge in [0.15, 0.2) is 0 Å². The summed E-state index contributed by atoms with van der Waals surface area (Å²) in [5.41, 5.74) is 16.2. The second kappa shape index (κ2) is 14.0. The average Bonchev–Trinajstić information content (AvgIpc) is 3.40. The molecule has 13 nitrogen and oxygen atoms in total. The van der Waals surface area contributed by atoms with Crippen molar-refractivity contribution < 1.29 is 29.0 Å². The molecule has 0 bridgehead atoms. The molecule has 0 spiro atoms. The highest BCUT2D eigenvalue weighted by Crippen LogP contribution is 2.37. The topological polar surface area (TPSA) is 199 Å². The number of aliphatic imine (C=N–C) groups is 2. The molecule has 0 saturated carbocycles. The zero-order chi connectivity index (χ0) is 31.8. The molecular weight excluding hydrogens is 566 g/mol. The van der Waals surface area contributed by atoms with E-state index in [9.17, 15) is 19.5 Å². The van der Waals surface area contributed by atoms with Crippen LogP contribution in [0.15, 0.2) is 82.8 Å². The van der Waals surface area contributed by atoms with E-state index in [1.165, 1.54) is 19.1 Å². The van der Waals surface area contributed by atoms with Crippen molar-refractivity contribution in [3.8, 4) is 0 Å². The Morgan fingerprint density at radius 3 is 2.25 bits per heavy atom. The average molecular weight is 600 g/mol. The molecule has 0 aliphatic rings. The summed E-state index contributed by atoms with van der Waals surface area (Å²) in [6, 6.07) is 20.2. The van der Waals surface area contributed by atoms with Crippen molar-refractivity contribution in [2.75, 3.05) is 19.1 Å². The maximum Gasteiger partial charge on any atom is 0.435 e. The molecule has 0 aliphatic carbocycles. The van der Waals surface area contributed by atoms with Crippen molar-refractivity contribution >= 4 is 46.7 Å². The molecular formula is C31H33N7O6. The summed E-state index contributed by atoms with van der Waals surface area (Å²) in [5, 5.41) is 10.6. The first-order valence-electron chi connectivity index (χ1n) is 13.6. The van der Waals surface area contributed by atoms with E-state index in [1.807, 2.05) is 13.0 Å². The Labute approximate surface area is 253 Å². The van der Waals surface area contributed by atoms with Gasteiger partial charge in [-0.05, 0) is 55.2 Å². The number of ether oxygens (including phenoxy) is 2. The molecule has 4 aromatic rings. The lowest BCUT2D eigenvalue weighted by Crippen LogP contribution is -2.43. The number of para-hydroxylation sites is 1. The minimum Gasteiger partial charge on any atom is -0.465 e. The molecule has 3 amide bonds. The second-order valence-electron chi connectivity index (χ2n) is 9.85. The molecule has 1 aromatic heterocycles. The van der Waals surface area contributed by atoms with Gasteiger partial charge in [0.25, 0.3) is 0 Å². The third-order valence-corrected chi connectivity index (χ3v) is 7.02. The Balaban J connectivity index is 1.79. The number of imidazole rings is 1. The van der Waals surface area contributed by atoms with E-state index in [2.05, 4.69) is 24.7 Å².